The van der Waals surface area contributed by atoms with Crippen molar-refractivity contribution in [2.75, 3.05) is 12.8 Å². The molecule has 1 heterocycles. The zero-order valence-corrected chi connectivity index (χ0v) is 12.1. The van der Waals surface area contributed by atoms with E-state index < -0.39 is 0 Å². The first kappa shape index (κ1) is 14.0. The lowest BCUT2D eigenvalue weighted by molar-refractivity contribution is 0.249. The molecule has 0 radical (unpaired) electrons. The Morgan fingerprint density at radius 2 is 2.16 bits per heavy atom. The first-order chi connectivity index (χ1) is 9.06. The number of nitrogens with zero attached hydrogens (tertiary/aromatic N) is 1. The molecule has 1 unspecified atom stereocenters. The Labute approximate surface area is 117 Å². The molecule has 2 N–H and O–H groups in total. The Bertz CT molecular complexity index is 525. The molecular weight excluding hydrogens is 259 g/mol. The normalized spacial score (nSPS) is 12.8. The third-order valence-corrected chi connectivity index (χ3v) is 4.25. The first-order valence-electron chi connectivity index (χ1n) is 6.33. The van der Waals surface area contributed by atoms with Gasteiger partial charge in [0.2, 0.25) is 0 Å². The van der Waals surface area contributed by atoms with Gasteiger partial charge in [0.1, 0.15) is 5.82 Å². The summed E-state index contributed by atoms with van der Waals surface area (Å²) in [6.07, 6.45) is 1.00. The molecule has 0 saturated carbocycles. The molecule has 0 aliphatic heterocycles. The van der Waals surface area contributed by atoms with Crippen molar-refractivity contribution in [2.45, 2.75) is 25.9 Å². The van der Waals surface area contributed by atoms with Crippen molar-refractivity contribution in [2.24, 2.45) is 0 Å². The zero-order valence-electron chi connectivity index (χ0n) is 11.3. The number of anilines is 1. The molecule has 0 aliphatic carbocycles. The van der Waals surface area contributed by atoms with Gasteiger partial charge in [-0.15, -0.1) is 11.3 Å². The van der Waals surface area contributed by atoms with E-state index in [1.807, 2.05) is 7.05 Å². The maximum atomic E-state index is 13.2. The van der Waals surface area contributed by atoms with Gasteiger partial charge < -0.3 is 5.73 Å². The minimum Gasteiger partial charge on any atom is -0.398 e. The van der Waals surface area contributed by atoms with Gasteiger partial charge in [0.15, 0.2) is 0 Å². The topological polar surface area (TPSA) is 29.3 Å². The summed E-state index contributed by atoms with van der Waals surface area (Å²) in [6.45, 7) is 2.84. The molecule has 1 aromatic heterocycles. The van der Waals surface area contributed by atoms with Crippen LogP contribution in [0.15, 0.2) is 35.7 Å². The highest BCUT2D eigenvalue weighted by Gasteiger charge is 2.12. The second kappa shape index (κ2) is 6.17. The van der Waals surface area contributed by atoms with Crippen LogP contribution in [0.2, 0.25) is 0 Å². The maximum absolute atomic E-state index is 13.2. The fourth-order valence-electron chi connectivity index (χ4n) is 2.01. The lowest BCUT2D eigenvalue weighted by atomic mass is 10.1. The molecule has 102 valence electrons. The number of nitrogens with two attached hydrogens (primary N) is 1. The minimum absolute atomic E-state index is 0.233. The van der Waals surface area contributed by atoms with Crippen molar-refractivity contribution >= 4 is 17.0 Å². The van der Waals surface area contributed by atoms with E-state index in [0.29, 0.717) is 18.3 Å². The van der Waals surface area contributed by atoms with Crippen LogP contribution in [0, 0.1) is 5.82 Å². The molecule has 0 aliphatic rings. The molecule has 2 nitrogen and oxygen atoms in total. The number of likely N-dealkylation sites (N-methyl/N-ethyl adjacent to an activating group) is 1. The van der Waals surface area contributed by atoms with Crippen molar-refractivity contribution < 1.29 is 4.39 Å². The molecule has 0 saturated heterocycles. The second-order valence-electron chi connectivity index (χ2n) is 4.89. The number of thiophene rings is 1. The SMILES string of the molecule is CC(Cc1cccs1)N(C)Cc1cc(F)ccc1N. The number of hydrogen-bond donors (Lipinski definition) is 1. The zero-order chi connectivity index (χ0) is 13.8. The van der Waals surface area contributed by atoms with E-state index >= 15 is 0 Å². The van der Waals surface area contributed by atoms with Gasteiger partial charge in [-0.2, -0.15) is 0 Å². The van der Waals surface area contributed by atoms with Crippen molar-refractivity contribution in [3.05, 3.63) is 52.0 Å². The van der Waals surface area contributed by atoms with Gasteiger partial charge in [0.25, 0.3) is 0 Å². The highest BCUT2D eigenvalue weighted by Crippen LogP contribution is 2.18. The number of halogens is 1. The fraction of sp³-hybridized carbons (Fsp3) is 0.333. The van der Waals surface area contributed by atoms with Crippen LogP contribution in [0.4, 0.5) is 10.1 Å². The third kappa shape index (κ3) is 3.78. The van der Waals surface area contributed by atoms with Crippen LogP contribution in [0.5, 0.6) is 0 Å². The first-order valence-corrected chi connectivity index (χ1v) is 7.20. The van der Waals surface area contributed by atoms with E-state index in [-0.39, 0.29) is 5.82 Å². The summed E-state index contributed by atoms with van der Waals surface area (Å²) in [7, 11) is 2.04. The smallest absolute Gasteiger partial charge is 0.123 e. The fourth-order valence-corrected chi connectivity index (χ4v) is 2.84. The number of nitrogen functional groups attached to an aromatic ring is 1. The predicted octanol–water partition coefficient (Wildman–Crippen LogP) is 3.53. The van der Waals surface area contributed by atoms with Crippen molar-refractivity contribution in [3.8, 4) is 0 Å². The van der Waals surface area contributed by atoms with Crippen LogP contribution in [0.1, 0.15) is 17.4 Å². The van der Waals surface area contributed by atoms with Crippen LogP contribution in [-0.2, 0) is 13.0 Å². The molecule has 4 heteroatoms. The van der Waals surface area contributed by atoms with Gasteiger partial charge in [0.05, 0.1) is 0 Å². The van der Waals surface area contributed by atoms with Crippen molar-refractivity contribution in [1.82, 2.24) is 4.90 Å². The molecule has 0 spiro atoms. The summed E-state index contributed by atoms with van der Waals surface area (Å²) >= 11 is 1.77. The van der Waals surface area contributed by atoms with Crippen LogP contribution in [0.25, 0.3) is 0 Å². The summed E-state index contributed by atoms with van der Waals surface area (Å²) in [6, 6.07) is 9.14. The third-order valence-electron chi connectivity index (χ3n) is 3.35. The van der Waals surface area contributed by atoms with E-state index in [1.165, 1.54) is 17.0 Å². The number of hydrogen-bond acceptors (Lipinski definition) is 3. The Morgan fingerprint density at radius 1 is 1.37 bits per heavy atom. The average Bonchev–Trinajstić information content (AvgIpc) is 2.86. The monoisotopic (exact) mass is 278 g/mol. The van der Waals surface area contributed by atoms with Crippen LogP contribution < -0.4 is 5.73 Å². The Hall–Kier alpha value is -1.39. The van der Waals surface area contributed by atoms with E-state index in [4.69, 9.17) is 5.73 Å². The average molecular weight is 278 g/mol. The van der Waals surface area contributed by atoms with Gasteiger partial charge in [-0.3, -0.25) is 4.90 Å². The van der Waals surface area contributed by atoms with E-state index in [0.717, 1.165) is 12.0 Å². The molecule has 1 aromatic carbocycles. The van der Waals surface area contributed by atoms with E-state index in [2.05, 4.69) is 29.3 Å². The quantitative estimate of drug-likeness (QED) is 0.848. The lowest BCUT2D eigenvalue weighted by Gasteiger charge is -2.25. The number of benzene rings is 1. The Balaban J connectivity index is 1.99. The summed E-state index contributed by atoms with van der Waals surface area (Å²) in [5, 5.41) is 2.09. The molecule has 0 bridgehead atoms. The molecule has 2 rings (SSSR count). The Morgan fingerprint density at radius 3 is 2.84 bits per heavy atom. The molecule has 19 heavy (non-hydrogen) atoms. The predicted molar refractivity (Wildman–Crippen MR) is 79.8 cm³/mol. The molecule has 2 aromatic rings. The molecule has 1 atom stereocenters. The Kier molecular flexibility index (Phi) is 4.56. The largest absolute Gasteiger partial charge is 0.398 e. The van der Waals surface area contributed by atoms with Gasteiger partial charge in [-0.1, -0.05) is 6.07 Å². The molecule has 0 amide bonds. The summed E-state index contributed by atoms with van der Waals surface area (Å²) in [5.41, 5.74) is 7.38. The van der Waals surface area contributed by atoms with Gasteiger partial charge in [-0.25, -0.2) is 4.39 Å². The second-order valence-corrected chi connectivity index (χ2v) is 5.92. The summed E-state index contributed by atoms with van der Waals surface area (Å²) in [4.78, 5) is 3.57. The standard InChI is InChI=1S/C15H19FN2S/c1-11(8-14-4-3-7-19-14)18(2)10-12-9-13(16)5-6-15(12)17/h3-7,9,11H,8,10,17H2,1-2H3. The van der Waals surface area contributed by atoms with Crippen LogP contribution >= 0.6 is 11.3 Å². The summed E-state index contributed by atoms with van der Waals surface area (Å²) in [5.74, 6) is -0.233. The molecular formula is C15H19FN2S. The number of rotatable bonds is 5. The van der Waals surface area contributed by atoms with E-state index in [1.54, 1.807) is 17.4 Å². The minimum atomic E-state index is -0.233. The van der Waals surface area contributed by atoms with Gasteiger partial charge >= 0.3 is 0 Å². The maximum Gasteiger partial charge on any atom is 0.123 e. The van der Waals surface area contributed by atoms with Gasteiger partial charge in [-0.05, 0) is 55.6 Å². The van der Waals surface area contributed by atoms with Crippen molar-refractivity contribution in [1.29, 1.82) is 0 Å². The van der Waals surface area contributed by atoms with Crippen LogP contribution in [0.3, 0.4) is 0 Å². The highest BCUT2D eigenvalue weighted by atomic mass is 32.1. The molecule has 0 fully saturated rings. The lowest BCUT2D eigenvalue weighted by Crippen LogP contribution is -2.30. The van der Waals surface area contributed by atoms with E-state index in [9.17, 15) is 4.39 Å². The van der Waals surface area contributed by atoms with Crippen LogP contribution in [-0.4, -0.2) is 18.0 Å². The van der Waals surface area contributed by atoms with Crippen molar-refractivity contribution in [3.63, 3.8) is 0 Å². The summed E-state index contributed by atoms with van der Waals surface area (Å²) < 4.78 is 13.2. The van der Waals surface area contributed by atoms with Gasteiger partial charge in [0, 0.05) is 23.2 Å². The highest BCUT2D eigenvalue weighted by molar-refractivity contribution is 7.09.